The zero-order valence-electron chi connectivity index (χ0n) is 18.9. The minimum Gasteiger partial charge on any atom is -0.466 e. The van der Waals surface area contributed by atoms with E-state index < -0.39 is 0 Å². The van der Waals surface area contributed by atoms with Gasteiger partial charge >= 0.3 is 5.97 Å². The molecule has 0 radical (unpaired) electrons. The minimum absolute atomic E-state index is 0.128. The molecule has 4 aromatic rings. The predicted octanol–water partition coefficient (Wildman–Crippen LogP) is 5.80. The molecule has 6 heteroatoms. The number of nitrogens with zero attached hydrogens (tertiary/aromatic N) is 3. The molecule has 0 saturated heterocycles. The van der Waals surface area contributed by atoms with Gasteiger partial charge < -0.3 is 9.15 Å². The molecule has 0 aliphatic rings. The summed E-state index contributed by atoms with van der Waals surface area (Å²) < 4.78 is 12.6. The standard InChI is InChI=1S/C26H29N3O3/c1-4-21-13-14-23-26(20-10-8-9-19(15-20)24-16-27-17-32-24)22(18(3)28-29(21)23)11-6-7-12-25(30)31-5-2/h8-10,13-17H,4-7,11-12H2,1-3H3. The number of hydrogen-bond acceptors (Lipinski definition) is 5. The SMILES string of the molecule is CCOC(=O)CCCCc1c(C)nn2c(CC)ccc2c1-c1cccc(-c2cnco2)c1. The highest BCUT2D eigenvalue weighted by Gasteiger charge is 2.17. The highest BCUT2D eigenvalue weighted by Crippen LogP contribution is 2.34. The van der Waals surface area contributed by atoms with Crippen molar-refractivity contribution in [1.29, 1.82) is 0 Å². The maximum absolute atomic E-state index is 11.7. The third kappa shape index (κ3) is 4.44. The quantitative estimate of drug-likeness (QED) is 0.247. The molecule has 3 aromatic heterocycles. The molecule has 4 rings (SSSR count). The second-order valence-corrected chi connectivity index (χ2v) is 7.87. The second-order valence-electron chi connectivity index (χ2n) is 7.87. The molecule has 0 N–H and O–H groups in total. The number of unbranched alkanes of at least 4 members (excludes halogenated alkanes) is 1. The summed E-state index contributed by atoms with van der Waals surface area (Å²) >= 11 is 0. The van der Waals surface area contributed by atoms with Crippen molar-refractivity contribution in [1.82, 2.24) is 14.6 Å². The van der Waals surface area contributed by atoms with Gasteiger partial charge in [-0.2, -0.15) is 5.10 Å². The van der Waals surface area contributed by atoms with Gasteiger partial charge in [0.1, 0.15) is 0 Å². The van der Waals surface area contributed by atoms with Gasteiger partial charge in [-0.05, 0) is 68.9 Å². The van der Waals surface area contributed by atoms with Crippen LogP contribution in [0.1, 0.15) is 50.1 Å². The topological polar surface area (TPSA) is 69.6 Å². The van der Waals surface area contributed by atoms with E-state index in [0.29, 0.717) is 13.0 Å². The third-order valence-electron chi connectivity index (χ3n) is 5.77. The number of fused-ring (bicyclic) bond motifs is 1. The predicted molar refractivity (Wildman–Crippen MR) is 124 cm³/mol. The Bertz CT molecular complexity index is 1210. The molecule has 1 aromatic carbocycles. The van der Waals surface area contributed by atoms with Crippen molar-refractivity contribution in [3.05, 3.63) is 65.9 Å². The molecule has 0 fully saturated rings. The second kappa shape index (κ2) is 9.81. The average Bonchev–Trinajstić information content (AvgIpc) is 3.47. The maximum atomic E-state index is 11.7. The normalized spacial score (nSPS) is 11.2. The lowest BCUT2D eigenvalue weighted by molar-refractivity contribution is -0.143. The molecule has 0 aliphatic heterocycles. The Morgan fingerprint density at radius 1 is 1.12 bits per heavy atom. The van der Waals surface area contributed by atoms with Crippen molar-refractivity contribution < 1.29 is 13.9 Å². The van der Waals surface area contributed by atoms with Crippen molar-refractivity contribution in [2.75, 3.05) is 6.61 Å². The lowest BCUT2D eigenvalue weighted by Gasteiger charge is -2.16. The van der Waals surface area contributed by atoms with E-state index in [1.165, 1.54) is 23.2 Å². The van der Waals surface area contributed by atoms with Gasteiger partial charge in [0.2, 0.25) is 0 Å². The summed E-state index contributed by atoms with van der Waals surface area (Å²) in [6, 6.07) is 12.7. The molecule has 0 amide bonds. The van der Waals surface area contributed by atoms with E-state index in [1.807, 2.05) is 19.1 Å². The number of oxazole rings is 1. The lowest BCUT2D eigenvalue weighted by Crippen LogP contribution is -2.07. The van der Waals surface area contributed by atoms with E-state index in [9.17, 15) is 4.79 Å². The van der Waals surface area contributed by atoms with Crippen molar-refractivity contribution in [3.63, 3.8) is 0 Å². The largest absolute Gasteiger partial charge is 0.466 e. The van der Waals surface area contributed by atoms with Crippen LogP contribution in [0.2, 0.25) is 0 Å². The van der Waals surface area contributed by atoms with Crippen LogP contribution in [0.15, 0.2) is 53.4 Å². The van der Waals surface area contributed by atoms with E-state index in [0.717, 1.165) is 53.8 Å². The van der Waals surface area contributed by atoms with E-state index in [-0.39, 0.29) is 5.97 Å². The zero-order chi connectivity index (χ0) is 22.5. The zero-order valence-corrected chi connectivity index (χ0v) is 18.9. The summed E-state index contributed by atoms with van der Waals surface area (Å²) in [4.78, 5) is 15.8. The number of ether oxygens (including phenoxy) is 1. The van der Waals surface area contributed by atoms with Crippen LogP contribution in [-0.4, -0.2) is 27.2 Å². The first-order valence-corrected chi connectivity index (χ1v) is 11.3. The van der Waals surface area contributed by atoms with Crippen molar-refractivity contribution >= 4 is 11.5 Å². The lowest BCUT2D eigenvalue weighted by atomic mass is 9.93. The van der Waals surface area contributed by atoms with E-state index >= 15 is 0 Å². The molecule has 0 atom stereocenters. The number of carbonyl (C=O) groups excluding carboxylic acids is 1. The monoisotopic (exact) mass is 431 g/mol. The van der Waals surface area contributed by atoms with Crippen LogP contribution >= 0.6 is 0 Å². The van der Waals surface area contributed by atoms with Crippen LogP contribution in [-0.2, 0) is 22.4 Å². The smallest absolute Gasteiger partial charge is 0.305 e. The Morgan fingerprint density at radius 3 is 2.72 bits per heavy atom. The fourth-order valence-corrected chi connectivity index (χ4v) is 4.21. The Labute approximate surface area is 188 Å². The number of esters is 1. The van der Waals surface area contributed by atoms with Gasteiger partial charge in [-0.3, -0.25) is 4.79 Å². The van der Waals surface area contributed by atoms with E-state index in [1.54, 1.807) is 6.20 Å². The molecule has 0 unspecified atom stereocenters. The summed E-state index contributed by atoms with van der Waals surface area (Å²) in [5.41, 5.74) is 7.82. The molecule has 0 bridgehead atoms. The first-order chi connectivity index (χ1) is 15.6. The molecule has 3 heterocycles. The molecule has 6 nitrogen and oxygen atoms in total. The Hall–Kier alpha value is -3.41. The average molecular weight is 432 g/mol. The fourth-order valence-electron chi connectivity index (χ4n) is 4.21. The van der Waals surface area contributed by atoms with Crippen molar-refractivity contribution in [3.8, 4) is 22.5 Å². The van der Waals surface area contributed by atoms with Gasteiger partial charge in [-0.1, -0.05) is 25.1 Å². The molecular weight excluding hydrogens is 402 g/mol. The maximum Gasteiger partial charge on any atom is 0.305 e. The molecule has 0 saturated carbocycles. The Balaban J connectivity index is 1.74. The van der Waals surface area contributed by atoms with Crippen LogP contribution in [0.25, 0.3) is 28.0 Å². The van der Waals surface area contributed by atoms with Gasteiger partial charge in [0.25, 0.3) is 0 Å². The molecular formula is C26H29N3O3. The number of benzene rings is 1. The first-order valence-electron chi connectivity index (χ1n) is 11.3. The van der Waals surface area contributed by atoms with Crippen molar-refractivity contribution in [2.24, 2.45) is 0 Å². The summed E-state index contributed by atoms with van der Waals surface area (Å²) in [6.07, 6.45) is 7.09. The number of aromatic nitrogens is 3. The van der Waals surface area contributed by atoms with Crippen LogP contribution in [0, 0.1) is 6.92 Å². The van der Waals surface area contributed by atoms with Gasteiger partial charge in [-0.25, -0.2) is 9.50 Å². The summed E-state index contributed by atoms with van der Waals surface area (Å²) in [5, 5.41) is 4.90. The summed E-state index contributed by atoms with van der Waals surface area (Å²) in [6.45, 7) is 6.48. The molecule has 32 heavy (non-hydrogen) atoms. The molecule has 0 spiro atoms. The highest BCUT2D eigenvalue weighted by atomic mass is 16.5. The number of carbonyl (C=O) groups is 1. The highest BCUT2D eigenvalue weighted by molar-refractivity contribution is 5.85. The van der Waals surface area contributed by atoms with E-state index in [2.05, 4.69) is 47.6 Å². The summed E-state index contributed by atoms with van der Waals surface area (Å²) in [5.74, 6) is 0.617. The Kier molecular flexibility index (Phi) is 6.69. The van der Waals surface area contributed by atoms with Crippen LogP contribution < -0.4 is 0 Å². The van der Waals surface area contributed by atoms with Gasteiger partial charge in [0.05, 0.1) is 24.0 Å². The van der Waals surface area contributed by atoms with Crippen molar-refractivity contribution in [2.45, 2.75) is 52.9 Å². The van der Waals surface area contributed by atoms with Gasteiger partial charge in [0, 0.05) is 23.2 Å². The fraction of sp³-hybridized carbons (Fsp3) is 0.346. The van der Waals surface area contributed by atoms with Gasteiger partial charge in [-0.15, -0.1) is 0 Å². The number of aryl methyl sites for hydroxylation is 2. The Morgan fingerprint density at radius 2 is 1.97 bits per heavy atom. The van der Waals surface area contributed by atoms with Gasteiger partial charge in [0.15, 0.2) is 12.2 Å². The van der Waals surface area contributed by atoms with Crippen LogP contribution in [0.4, 0.5) is 0 Å². The third-order valence-corrected chi connectivity index (χ3v) is 5.77. The number of rotatable bonds is 9. The minimum atomic E-state index is -0.128. The van der Waals surface area contributed by atoms with Crippen LogP contribution in [0.3, 0.4) is 0 Å². The molecule has 0 aliphatic carbocycles. The molecule has 166 valence electrons. The van der Waals surface area contributed by atoms with E-state index in [4.69, 9.17) is 14.3 Å². The first kappa shape index (κ1) is 21.8. The summed E-state index contributed by atoms with van der Waals surface area (Å²) in [7, 11) is 0. The van der Waals surface area contributed by atoms with Crippen LogP contribution in [0.5, 0.6) is 0 Å². The number of hydrogen-bond donors (Lipinski definition) is 0.